The number of nitrogens with zero attached hydrogens (tertiary/aromatic N) is 1. The fraction of sp³-hybridized carbons (Fsp3) is 0.538. The number of unbranched alkanes of at least 4 members (excludes halogenated alkanes) is 1. The Morgan fingerprint density at radius 1 is 0.600 bits per heavy atom. The molecule has 1 aromatic rings. The summed E-state index contributed by atoms with van der Waals surface area (Å²) in [6.07, 6.45) is -3.96. The maximum absolute atomic E-state index is 13.8. The summed E-state index contributed by atoms with van der Waals surface area (Å²) >= 11 is 0. The van der Waals surface area contributed by atoms with E-state index in [1.165, 1.54) is 11.8 Å². The highest BCUT2D eigenvalue weighted by Gasteiger charge is 2.39. The van der Waals surface area contributed by atoms with Crippen LogP contribution in [0.1, 0.15) is 70.3 Å². The van der Waals surface area contributed by atoms with Crippen LogP contribution in [0.5, 0.6) is 0 Å². The molecule has 0 bridgehead atoms. The number of nitrogens with one attached hydrogen (secondary N) is 6. The molecule has 2 rings (SSSR count). The number of hydrogen-bond acceptors (Lipinski definition) is 14. The lowest BCUT2D eigenvalue weighted by atomic mass is 10.0. The van der Waals surface area contributed by atoms with Crippen LogP contribution in [0.15, 0.2) is 30.3 Å². The second-order valence-electron chi connectivity index (χ2n) is 15.0. The predicted molar refractivity (Wildman–Crippen MR) is 220 cm³/mol. The monoisotopic (exact) mass is 921 g/mol. The van der Waals surface area contributed by atoms with Crippen molar-refractivity contribution in [1.29, 1.82) is 0 Å². The predicted octanol–water partition coefficient (Wildman–Crippen LogP) is -4.41. The number of benzene rings is 1. The van der Waals surface area contributed by atoms with E-state index < -0.39 is 145 Å². The molecule has 26 nitrogen and oxygen atoms in total. The van der Waals surface area contributed by atoms with Gasteiger partial charge in [-0.1, -0.05) is 30.3 Å². The molecule has 1 fully saturated rings. The van der Waals surface area contributed by atoms with Crippen molar-refractivity contribution in [3.63, 3.8) is 0 Å². The van der Waals surface area contributed by atoms with Crippen molar-refractivity contribution in [1.82, 2.24) is 36.8 Å². The van der Waals surface area contributed by atoms with Gasteiger partial charge >= 0.3 is 29.8 Å². The molecule has 0 unspecified atom stereocenters. The minimum atomic E-state index is -2.21. The van der Waals surface area contributed by atoms with Crippen molar-refractivity contribution >= 4 is 71.2 Å². The largest absolute Gasteiger partial charge is 0.481 e. The van der Waals surface area contributed by atoms with Crippen LogP contribution in [0.2, 0.25) is 0 Å². The summed E-state index contributed by atoms with van der Waals surface area (Å²) in [6.45, 7) is 1.83. The SMILES string of the molecule is C[C@H](N)C(=O)N1CCC[C@H]1C(=O)N[C@@H](Cc1ccccc1)C(=O)N[C@@H](CC(=O)O)C(=O)N[C@@H](CC(=O)O)C(=O)N[C@@H](CC(=O)O)C(=O)N[C@@H](CC(=O)O)C(=O)N[C@@H](CCCCN)C(=O)O. The average molecular weight is 922 g/mol. The molecule has 15 N–H and O–H groups in total. The summed E-state index contributed by atoms with van der Waals surface area (Å²) in [6, 6.07) is -5.43. The van der Waals surface area contributed by atoms with Gasteiger partial charge in [0.15, 0.2) is 0 Å². The van der Waals surface area contributed by atoms with E-state index in [0.29, 0.717) is 18.4 Å². The quantitative estimate of drug-likeness (QED) is 0.0353. The molecule has 1 aliphatic rings. The zero-order valence-corrected chi connectivity index (χ0v) is 35.2. The van der Waals surface area contributed by atoms with E-state index in [9.17, 15) is 83.1 Å². The smallest absolute Gasteiger partial charge is 0.326 e. The van der Waals surface area contributed by atoms with Crippen molar-refractivity contribution < 1.29 is 83.1 Å². The normalized spacial score (nSPS) is 16.4. The molecule has 0 saturated carbocycles. The van der Waals surface area contributed by atoms with Gasteiger partial charge in [0.1, 0.15) is 42.3 Å². The first-order valence-electron chi connectivity index (χ1n) is 20.3. The van der Waals surface area contributed by atoms with Gasteiger partial charge in [0.25, 0.3) is 0 Å². The van der Waals surface area contributed by atoms with Crippen LogP contribution in [0.25, 0.3) is 0 Å². The van der Waals surface area contributed by atoms with Gasteiger partial charge in [0.2, 0.25) is 41.4 Å². The summed E-state index contributed by atoms with van der Waals surface area (Å²) in [4.78, 5) is 154. The van der Waals surface area contributed by atoms with Crippen LogP contribution in [-0.2, 0) is 64.0 Å². The molecular formula is C39H55N9O17. The Morgan fingerprint density at radius 3 is 1.37 bits per heavy atom. The van der Waals surface area contributed by atoms with E-state index in [1.54, 1.807) is 30.3 Å². The summed E-state index contributed by atoms with van der Waals surface area (Å²) < 4.78 is 0. The van der Waals surface area contributed by atoms with E-state index >= 15 is 0 Å². The molecule has 1 aliphatic heterocycles. The van der Waals surface area contributed by atoms with E-state index in [2.05, 4.69) is 16.0 Å². The third kappa shape index (κ3) is 18.6. The van der Waals surface area contributed by atoms with Crippen molar-refractivity contribution in [2.45, 2.75) is 119 Å². The number of carboxylic acids is 5. The number of hydrogen-bond donors (Lipinski definition) is 13. The van der Waals surface area contributed by atoms with E-state index in [-0.39, 0.29) is 38.8 Å². The number of carboxylic acid groups (broad SMARTS) is 5. The molecule has 0 spiro atoms. The maximum atomic E-state index is 13.8. The average Bonchev–Trinajstić information content (AvgIpc) is 3.71. The van der Waals surface area contributed by atoms with Crippen LogP contribution < -0.4 is 43.4 Å². The van der Waals surface area contributed by atoms with Crippen molar-refractivity contribution in [3.05, 3.63) is 35.9 Å². The molecule has 7 amide bonds. The Morgan fingerprint density at radius 2 is 1.00 bits per heavy atom. The van der Waals surface area contributed by atoms with Gasteiger partial charge < -0.3 is 73.8 Å². The molecular weight excluding hydrogens is 866 g/mol. The minimum Gasteiger partial charge on any atom is -0.481 e. The van der Waals surface area contributed by atoms with Crippen molar-refractivity contribution in [3.8, 4) is 0 Å². The summed E-state index contributed by atoms with van der Waals surface area (Å²) in [5.41, 5.74) is 11.7. The fourth-order valence-corrected chi connectivity index (χ4v) is 6.54. The molecule has 1 saturated heterocycles. The highest BCUT2D eigenvalue weighted by Crippen LogP contribution is 2.19. The molecule has 0 aromatic heterocycles. The zero-order valence-electron chi connectivity index (χ0n) is 35.2. The topological polar surface area (TPSA) is 433 Å². The molecule has 358 valence electrons. The highest BCUT2D eigenvalue weighted by atomic mass is 16.4. The second kappa shape index (κ2) is 26.4. The molecule has 1 heterocycles. The van der Waals surface area contributed by atoms with Gasteiger partial charge in [0.05, 0.1) is 31.7 Å². The molecule has 65 heavy (non-hydrogen) atoms. The van der Waals surface area contributed by atoms with Crippen LogP contribution in [0.3, 0.4) is 0 Å². The number of likely N-dealkylation sites (tertiary alicyclic amines) is 1. The zero-order chi connectivity index (χ0) is 49.0. The molecule has 8 atom stereocenters. The van der Waals surface area contributed by atoms with Crippen LogP contribution in [-0.4, -0.2) is 163 Å². The summed E-state index contributed by atoms with van der Waals surface area (Å²) in [5.74, 6) is -16.6. The third-order valence-corrected chi connectivity index (χ3v) is 9.75. The van der Waals surface area contributed by atoms with E-state index in [0.717, 1.165) is 0 Å². The van der Waals surface area contributed by atoms with Gasteiger partial charge in [-0.2, -0.15) is 0 Å². The van der Waals surface area contributed by atoms with Crippen LogP contribution in [0, 0.1) is 0 Å². The van der Waals surface area contributed by atoms with Gasteiger partial charge in [-0.3, -0.25) is 52.7 Å². The van der Waals surface area contributed by atoms with Crippen molar-refractivity contribution in [2.24, 2.45) is 11.5 Å². The fourth-order valence-electron chi connectivity index (χ4n) is 6.54. The first-order valence-corrected chi connectivity index (χ1v) is 20.3. The first kappa shape index (κ1) is 53.9. The van der Waals surface area contributed by atoms with Crippen molar-refractivity contribution in [2.75, 3.05) is 13.1 Å². The van der Waals surface area contributed by atoms with Gasteiger partial charge in [-0.15, -0.1) is 0 Å². The highest BCUT2D eigenvalue weighted by molar-refractivity contribution is 6.00. The molecule has 1 aromatic carbocycles. The Bertz CT molecular complexity index is 1930. The lowest BCUT2D eigenvalue weighted by molar-refractivity contribution is -0.145. The number of nitrogens with two attached hydrogens (primary N) is 2. The van der Waals surface area contributed by atoms with E-state index in [1.807, 2.05) is 16.0 Å². The van der Waals surface area contributed by atoms with Gasteiger partial charge in [-0.05, 0) is 51.1 Å². The second-order valence-corrected chi connectivity index (χ2v) is 15.0. The summed E-state index contributed by atoms with van der Waals surface area (Å²) in [5, 5.41) is 60.3. The number of amides is 7. The molecule has 0 radical (unpaired) electrons. The number of rotatable bonds is 28. The Kier molecular flexibility index (Phi) is 21.9. The molecule has 26 heteroatoms. The number of carbonyl (C=O) groups excluding carboxylic acids is 7. The molecule has 0 aliphatic carbocycles. The van der Waals surface area contributed by atoms with E-state index in [4.69, 9.17) is 11.5 Å². The number of carbonyl (C=O) groups is 12. The summed E-state index contributed by atoms with van der Waals surface area (Å²) in [7, 11) is 0. The lowest BCUT2D eigenvalue weighted by Crippen LogP contribution is -2.61. The van der Waals surface area contributed by atoms with Crippen LogP contribution in [0.4, 0.5) is 0 Å². The standard InChI is InChI=1S/C39H55N9O17/c1-19(41)38(63)48-13-7-11-27(48)37(62)47-22(14-20-8-3-2-4-9-20)32(57)43-24(16-29(51)52)34(59)45-26(18-31(55)56)36(61)46-25(17-30(53)54)35(60)44-23(15-28(49)50)33(58)42-21(39(64)65)10-5-6-12-40/h2-4,8-9,19,21-27H,5-7,10-18,40-41H2,1H3,(H,42,58)(H,43,57)(H,44,60)(H,45,59)(H,46,61)(H,47,62)(H,49,50)(H,51,52)(H,53,54)(H,55,56)(H,64,65)/t19-,21-,22-,23-,24-,25-,26-,27-/m0/s1. The number of aliphatic carboxylic acids is 5. The third-order valence-electron chi connectivity index (χ3n) is 9.75. The Labute approximate surface area is 370 Å². The van der Waals surface area contributed by atoms with Gasteiger partial charge in [-0.25, -0.2) is 4.79 Å². The maximum Gasteiger partial charge on any atom is 0.326 e. The van der Waals surface area contributed by atoms with Gasteiger partial charge in [0, 0.05) is 13.0 Å². The first-order chi connectivity index (χ1) is 30.5. The Balaban J connectivity index is 2.37. The Hall–Kier alpha value is -7.22. The lowest BCUT2D eigenvalue weighted by Gasteiger charge is -2.28. The van der Waals surface area contributed by atoms with Crippen LogP contribution >= 0.6 is 0 Å². The minimum absolute atomic E-state index is 0.139.